The Morgan fingerprint density at radius 3 is 2.29 bits per heavy atom. The molecule has 2 N–H and O–H groups in total. The largest absolute Gasteiger partial charge is 0.508 e. The van der Waals surface area contributed by atoms with Crippen LogP contribution in [-0.2, 0) is 9.53 Å². The molecule has 0 unspecified atom stereocenters. The minimum absolute atomic E-state index is 0.102. The Balaban J connectivity index is 1.49. The Morgan fingerprint density at radius 1 is 1.00 bits per heavy atom. The van der Waals surface area contributed by atoms with Crippen molar-refractivity contribution in [1.82, 2.24) is 4.90 Å². The van der Waals surface area contributed by atoms with Crippen molar-refractivity contribution in [2.24, 2.45) is 0 Å². The number of rotatable bonds is 5. The zero-order valence-electron chi connectivity index (χ0n) is 15.5. The molecule has 1 aliphatic rings. The standard InChI is InChI=1S/C20H22N2O6/c1-27-16-5-2-14(3-6-16)21-8-10-22(11-9-21)19(25)13-28-20(26)17-7-4-15(23)12-18(17)24/h2-7,12,23-24H,8-11,13H2,1H3. The van der Waals surface area contributed by atoms with E-state index in [0.717, 1.165) is 17.5 Å². The van der Waals surface area contributed by atoms with Crippen LogP contribution in [0.25, 0.3) is 0 Å². The summed E-state index contributed by atoms with van der Waals surface area (Å²) in [5, 5.41) is 18.9. The molecule has 0 spiro atoms. The van der Waals surface area contributed by atoms with Crippen molar-refractivity contribution in [1.29, 1.82) is 0 Å². The van der Waals surface area contributed by atoms with Crippen LogP contribution in [0.3, 0.4) is 0 Å². The van der Waals surface area contributed by atoms with Crippen LogP contribution in [0.15, 0.2) is 42.5 Å². The number of carbonyl (C=O) groups is 2. The van der Waals surface area contributed by atoms with Crippen molar-refractivity contribution in [3.05, 3.63) is 48.0 Å². The molecule has 0 radical (unpaired) electrons. The van der Waals surface area contributed by atoms with E-state index in [4.69, 9.17) is 9.47 Å². The topological polar surface area (TPSA) is 99.5 Å². The Kier molecular flexibility index (Phi) is 5.88. The summed E-state index contributed by atoms with van der Waals surface area (Å²) >= 11 is 0. The van der Waals surface area contributed by atoms with Crippen LogP contribution in [0.5, 0.6) is 17.2 Å². The van der Waals surface area contributed by atoms with Crippen LogP contribution in [0.1, 0.15) is 10.4 Å². The number of phenolic OH excluding ortho intramolecular Hbond substituents is 2. The number of hydrogen-bond donors (Lipinski definition) is 2. The monoisotopic (exact) mass is 386 g/mol. The number of anilines is 1. The van der Waals surface area contributed by atoms with Gasteiger partial charge in [0.2, 0.25) is 0 Å². The molecule has 0 bridgehead atoms. The minimum Gasteiger partial charge on any atom is -0.508 e. The second kappa shape index (κ2) is 8.51. The van der Waals surface area contributed by atoms with Crippen LogP contribution >= 0.6 is 0 Å². The number of esters is 1. The van der Waals surface area contributed by atoms with Crippen molar-refractivity contribution in [2.75, 3.05) is 44.8 Å². The number of hydrogen-bond acceptors (Lipinski definition) is 7. The van der Waals surface area contributed by atoms with E-state index in [0.29, 0.717) is 26.2 Å². The van der Waals surface area contributed by atoms with E-state index in [1.54, 1.807) is 12.0 Å². The van der Waals surface area contributed by atoms with E-state index >= 15 is 0 Å². The van der Waals surface area contributed by atoms with Gasteiger partial charge < -0.3 is 29.5 Å². The highest BCUT2D eigenvalue weighted by atomic mass is 16.5. The molecule has 0 aliphatic carbocycles. The van der Waals surface area contributed by atoms with E-state index in [1.165, 1.54) is 12.1 Å². The normalized spacial score (nSPS) is 13.9. The fraction of sp³-hybridized carbons (Fsp3) is 0.300. The first-order chi connectivity index (χ1) is 13.5. The highest BCUT2D eigenvalue weighted by Crippen LogP contribution is 2.23. The molecule has 1 heterocycles. The molecule has 1 saturated heterocycles. The van der Waals surface area contributed by atoms with Crippen molar-refractivity contribution in [3.63, 3.8) is 0 Å². The van der Waals surface area contributed by atoms with Gasteiger partial charge in [-0.25, -0.2) is 4.79 Å². The maximum atomic E-state index is 12.3. The quantitative estimate of drug-likeness (QED) is 0.753. The number of phenols is 2. The molecule has 1 fully saturated rings. The predicted octanol–water partition coefficient (Wildman–Crippen LogP) is 1.61. The third kappa shape index (κ3) is 4.46. The molecule has 0 atom stereocenters. The fourth-order valence-electron chi connectivity index (χ4n) is 3.00. The van der Waals surface area contributed by atoms with Crippen LogP contribution in [0.4, 0.5) is 5.69 Å². The Bertz CT molecular complexity index is 844. The predicted molar refractivity (Wildman–Crippen MR) is 102 cm³/mol. The maximum absolute atomic E-state index is 12.3. The van der Waals surface area contributed by atoms with Crippen LogP contribution in [0, 0.1) is 0 Å². The van der Waals surface area contributed by atoms with Gasteiger partial charge in [-0.15, -0.1) is 0 Å². The molecule has 0 aromatic heterocycles. The van der Waals surface area contributed by atoms with E-state index in [-0.39, 0.29) is 17.2 Å². The molecular formula is C20H22N2O6. The third-order valence-corrected chi connectivity index (χ3v) is 4.60. The van der Waals surface area contributed by atoms with Gasteiger partial charge in [0.15, 0.2) is 6.61 Å². The molecule has 8 heteroatoms. The smallest absolute Gasteiger partial charge is 0.342 e. The highest BCUT2D eigenvalue weighted by molar-refractivity contribution is 5.94. The zero-order chi connectivity index (χ0) is 20.1. The molecule has 148 valence electrons. The Morgan fingerprint density at radius 2 is 1.68 bits per heavy atom. The van der Waals surface area contributed by atoms with Gasteiger partial charge in [-0.1, -0.05) is 0 Å². The van der Waals surface area contributed by atoms with E-state index < -0.39 is 18.3 Å². The number of piperazine rings is 1. The number of aromatic hydroxyl groups is 2. The van der Waals surface area contributed by atoms with Crippen LogP contribution in [0.2, 0.25) is 0 Å². The summed E-state index contributed by atoms with van der Waals surface area (Å²) in [4.78, 5) is 28.1. The molecule has 1 amide bonds. The second-order valence-corrected chi connectivity index (χ2v) is 6.34. The van der Waals surface area contributed by atoms with Crippen molar-refractivity contribution >= 4 is 17.6 Å². The molecular weight excluding hydrogens is 364 g/mol. The number of ether oxygens (including phenoxy) is 2. The molecule has 3 rings (SSSR count). The average Bonchev–Trinajstić information content (AvgIpc) is 2.72. The van der Waals surface area contributed by atoms with Crippen LogP contribution in [-0.4, -0.2) is 66.9 Å². The lowest BCUT2D eigenvalue weighted by Crippen LogP contribution is -2.49. The van der Waals surface area contributed by atoms with Crippen molar-refractivity contribution in [2.45, 2.75) is 0 Å². The Hall–Kier alpha value is -3.42. The lowest BCUT2D eigenvalue weighted by atomic mass is 10.2. The van der Waals surface area contributed by atoms with E-state index in [2.05, 4.69) is 4.90 Å². The summed E-state index contributed by atoms with van der Waals surface area (Å²) in [6, 6.07) is 11.3. The van der Waals surface area contributed by atoms with Gasteiger partial charge in [-0.3, -0.25) is 4.79 Å². The Labute approximate surface area is 162 Å². The summed E-state index contributed by atoms with van der Waals surface area (Å²) in [7, 11) is 1.62. The number of amides is 1. The molecule has 8 nitrogen and oxygen atoms in total. The zero-order valence-corrected chi connectivity index (χ0v) is 15.5. The minimum atomic E-state index is -0.817. The van der Waals surface area contributed by atoms with Gasteiger partial charge in [0, 0.05) is 37.9 Å². The second-order valence-electron chi connectivity index (χ2n) is 6.34. The summed E-state index contributed by atoms with van der Waals surface area (Å²) in [6.07, 6.45) is 0. The molecule has 2 aromatic carbocycles. The lowest BCUT2D eigenvalue weighted by molar-refractivity contribution is -0.134. The van der Waals surface area contributed by atoms with Gasteiger partial charge >= 0.3 is 5.97 Å². The van der Waals surface area contributed by atoms with Gasteiger partial charge in [0.1, 0.15) is 22.8 Å². The summed E-state index contributed by atoms with van der Waals surface area (Å²) in [6.45, 7) is 1.98. The average molecular weight is 386 g/mol. The number of carbonyl (C=O) groups excluding carboxylic acids is 2. The van der Waals surface area contributed by atoms with E-state index in [1.807, 2.05) is 24.3 Å². The molecule has 2 aromatic rings. The first-order valence-electron chi connectivity index (χ1n) is 8.84. The first-order valence-corrected chi connectivity index (χ1v) is 8.84. The summed E-state index contributed by atoms with van der Waals surface area (Å²) in [5.74, 6) is -0.881. The summed E-state index contributed by atoms with van der Waals surface area (Å²) in [5.41, 5.74) is 0.956. The SMILES string of the molecule is COc1ccc(N2CCN(C(=O)COC(=O)c3ccc(O)cc3O)CC2)cc1. The van der Waals surface area contributed by atoms with Gasteiger partial charge in [-0.2, -0.15) is 0 Å². The number of benzene rings is 2. The maximum Gasteiger partial charge on any atom is 0.342 e. The van der Waals surface area contributed by atoms with Gasteiger partial charge in [0.25, 0.3) is 5.91 Å². The molecule has 28 heavy (non-hydrogen) atoms. The lowest BCUT2D eigenvalue weighted by Gasteiger charge is -2.36. The molecule has 0 saturated carbocycles. The van der Waals surface area contributed by atoms with Gasteiger partial charge in [-0.05, 0) is 36.4 Å². The van der Waals surface area contributed by atoms with Gasteiger partial charge in [0.05, 0.1) is 7.11 Å². The van der Waals surface area contributed by atoms with Crippen LogP contribution < -0.4 is 9.64 Å². The summed E-state index contributed by atoms with van der Waals surface area (Å²) < 4.78 is 10.2. The van der Waals surface area contributed by atoms with Crippen molar-refractivity contribution in [3.8, 4) is 17.2 Å². The third-order valence-electron chi connectivity index (χ3n) is 4.60. The van der Waals surface area contributed by atoms with E-state index in [9.17, 15) is 19.8 Å². The molecule has 1 aliphatic heterocycles. The fourth-order valence-corrected chi connectivity index (χ4v) is 3.00. The first kappa shape index (κ1) is 19.3. The number of nitrogens with zero attached hydrogens (tertiary/aromatic N) is 2. The number of methoxy groups -OCH3 is 1. The highest BCUT2D eigenvalue weighted by Gasteiger charge is 2.23. The van der Waals surface area contributed by atoms with Crippen molar-refractivity contribution < 1.29 is 29.3 Å².